The summed E-state index contributed by atoms with van der Waals surface area (Å²) in [7, 11) is 0. The molecule has 1 N–H and O–H groups in total. The van der Waals surface area contributed by atoms with E-state index in [0.717, 1.165) is 27.6 Å². The zero-order valence-corrected chi connectivity index (χ0v) is 14.2. The molecule has 1 amide bonds. The van der Waals surface area contributed by atoms with Crippen LogP contribution >= 0.6 is 0 Å². The molecule has 0 saturated heterocycles. The molecule has 3 rings (SSSR count). The van der Waals surface area contributed by atoms with Crippen LogP contribution in [0.3, 0.4) is 0 Å². The van der Waals surface area contributed by atoms with Crippen LogP contribution in [0.25, 0.3) is 10.8 Å². The van der Waals surface area contributed by atoms with E-state index in [1.165, 1.54) is 0 Å². The molecule has 4 nitrogen and oxygen atoms in total. The molecule has 0 saturated carbocycles. The quantitative estimate of drug-likeness (QED) is 0.726. The molecule has 0 unspecified atom stereocenters. The highest BCUT2D eigenvalue weighted by molar-refractivity contribution is 6.05. The van der Waals surface area contributed by atoms with Crippen LogP contribution in [0.5, 0.6) is 0 Å². The van der Waals surface area contributed by atoms with Gasteiger partial charge in [0.2, 0.25) is 0 Å². The average Bonchev–Trinajstić information content (AvgIpc) is 2.62. The van der Waals surface area contributed by atoms with Gasteiger partial charge < -0.3 is 10.1 Å². The van der Waals surface area contributed by atoms with Crippen LogP contribution in [0.4, 0.5) is 5.69 Å². The first-order valence-corrected chi connectivity index (χ1v) is 8.07. The minimum atomic E-state index is -0.506. The molecule has 0 fully saturated rings. The van der Waals surface area contributed by atoms with Crippen LogP contribution in [-0.4, -0.2) is 18.5 Å². The maximum atomic E-state index is 12.3. The van der Waals surface area contributed by atoms with Crippen molar-refractivity contribution in [3.05, 3.63) is 77.4 Å². The number of carbonyl (C=O) groups is 2. The predicted octanol–water partition coefficient (Wildman–Crippen LogP) is 4.25. The van der Waals surface area contributed by atoms with E-state index >= 15 is 0 Å². The number of aryl methyl sites for hydroxylation is 2. The molecule has 0 heterocycles. The number of amides is 1. The topological polar surface area (TPSA) is 55.4 Å². The first-order chi connectivity index (χ1) is 12.1. The largest absolute Gasteiger partial charge is 0.452 e. The predicted molar refractivity (Wildman–Crippen MR) is 98.8 cm³/mol. The lowest BCUT2D eigenvalue weighted by Crippen LogP contribution is -2.22. The lowest BCUT2D eigenvalue weighted by molar-refractivity contribution is -0.119. The number of fused-ring (bicyclic) bond motifs is 1. The molecule has 3 aromatic rings. The fourth-order valence-electron chi connectivity index (χ4n) is 2.80. The van der Waals surface area contributed by atoms with Gasteiger partial charge in [-0.3, -0.25) is 4.79 Å². The lowest BCUT2D eigenvalue weighted by Gasteiger charge is -2.12. The third-order valence-corrected chi connectivity index (χ3v) is 4.09. The van der Waals surface area contributed by atoms with Crippen molar-refractivity contribution < 1.29 is 14.3 Å². The van der Waals surface area contributed by atoms with Gasteiger partial charge in [-0.2, -0.15) is 0 Å². The number of anilines is 1. The van der Waals surface area contributed by atoms with E-state index in [-0.39, 0.29) is 12.5 Å². The second-order valence-electron chi connectivity index (χ2n) is 5.92. The SMILES string of the molecule is Cc1cccc(C)c1NC(=O)COC(=O)c1cccc2ccccc12. The van der Waals surface area contributed by atoms with Crippen LogP contribution in [0.2, 0.25) is 0 Å². The van der Waals surface area contributed by atoms with Crippen molar-refractivity contribution in [3.8, 4) is 0 Å². The second-order valence-corrected chi connectivity index (χ2v) is 5.92. The van der Waals surface area contributed by atoms with Crippen molar-refractivity contribution in [1.82, 2.24) is 0 Å². The number of nitrogens with one attached hydrogen (secondary N) is 1. The fraction of sp³-hybridized carbons (Fsp3) is 0.143. The molecule has 0 spiro atoms. The maximum absolute atomic E-state index is 12.3. The summed E-state index contributed by atoms with van der Waals surface area (Å²) in [6.07, 6.45) is 0. The molecule has 0 aliphatic carbocycles. The third kappa shape index (κ3) is 3.69. The van der Waals surface area contributed by atoms with Gasteiger partial charge in [0.15, 0.2) is 6.61 Å². The van der Waals surface area contributed by atoms with Crippen molar-refractivity contribution >= 4 is 28.3 Å². The Morgan fingerprint density at radius 3 is 2.28 bits per heavy atom. The lowest BCUT2D eigenvalue weighted by atomic mass is 10.1. The summed E-state index contributed by atoms with van der Waals surface area (Å²) in [5, 5.41) is 4.57. The van der Waals surface area contributed by atoms with E-state index in [4.69, 9.17) is 4.74 Å². The van der Waals surface area contributed by atoms with Crippen molar-refractivity contribution in [2.24, 2.45) is 0 Å². The first-order valence-electron chi connectivity index (χ1n) is 8.07. The molecule has 0 aromatic heterocycles. The van der Waals surface area contributed by atoms with Crippen molar-refractivity contribution in [2.45, 2.75) is 13.8 Å². The number of esters is 1. The van der Waals surface area contributed by atoms with Crippen LogP contribution in [0.1, 0.15) is 21.5 Å². The van der Waals surface area contributed by atoms with Crippen molar-refractivity contribution in [1.29, 1.82) is 0 Å². The third-order valence-electron chi connectivity index (χ3n) is 4.09. The Labute approximate surface area is 146 Å². The minimum absolute atomic E-state index is 0.324. The molecule has 4 heteroatoms. The Kier molecular flexibility index (Phi) is 4.80. The molecule has 126 valence electrons. The summed E-state index contributed by atoms with van der Waals surface area (Å²) in [5.74, 6) is -0.862. The Morgan fingerprint density at radius 1 is 0.880 bits per heavy atom. The second kappa shape index (κ2) is 7.18. The number of rotatable bonds is 4. The van der Waals surface area contributed by atoms with Gasteiger partial charge in [-0.1, -0.05) is 54.6 Å². The maximum Gasteiger partial charge on any atom is 0.339 e. The standard InChI is InChI=1S/C21H19NO3/c1-14-7-5-8-15(2)20(14)22-19(23)13-25-21(24)18-12-6-10-16-9-3-4-11-17(16)18/h3-12H,13H2,1-2H3,(H,22,23). The molecular formula is C21H19NO3. The molecule has 0 aliphatic heterocycles. The highest BCUT2D eigenvalue weighted by Gasteiger charge is 2.14. The Morgan fingerprint density at radius 2 is 1.52 bits per heavy atom. The average molecular weight is 333 g/mol. The van der Waals surface area contributed by atoms with Gasteiger partial charge in [-0.05, 0) is 41.8 Å². The minimum Gasteiger partial charge on any atom is -0.452 e. The van der Waals surface area contributed by atoms with Crippen LogP contribution < -0.4 is 5.32 Å². The molecule has 25 heavy (non-hydrogen) atoms. The fourth-order valence-corrected chi connectivity index (χ4v) is 2.80. The highest BCUT2D eigenvalue weighted by Crippen LogP contribution is 2.20. The van der Waals surface area contributed by atoms with Crippen LogP contribution in [-0.2, 0) is 9.53 Å². The van der Waals surface area contributed by atoms with Crippen LogP contribution in [0, 0.1) is 13.8 Å². The van der Waals surface area contributed by atoms with E-state index < -0.39 is 5.97 Å². The first kappa shape index (κ1) is 16.7. The van der Waals surface area contributed by atoms with Crippen LogP contribution in [0.15, 0.2) is 60.7 Å². The van der Waals surface area contributed by atoms with Crippen molar-refractivity contribution in [2.75, 3.05) is 11.9 Å². The number of ether oxygens (including phenoxy) is 1. The van der Waals surface area contributed by atoms with Gasteiger partial charge in [-0.15, -0.1) is 0 Å². The number of hydrogen-bond acceptors (Lipinski definition) is 3. The molecule has 0 bridgehead atoms. The van der Waals surface area contributed by atoms with E-state index in [9.17, 15) is 9.59 Å². The summed E-state index contributed by atoms with van der Waals surface area (Å²) in [6, 6.07) is 18.8. The molecule has 3 aromatic carbocycles. The van der Waals surface area contributed by atoms with E-state index in [1.54, 1.807) is 12.1 Å². The number of hydrogen-bond donors (Lipinski definition) is 1. The highest BCUT2D eigenvalue weighted by atomic mass is 16.5. The van der Waals surface area contributed by atoms with Gasteiger partial charge in [0.1, 0.15) is 0 Å². The number of carbonyl (C=O) groups excluding carboxylic acids is 2. The zero-order valence-electron chi connectivity index (χ0n) is 14.2. The number of benzene rings is 3. The van der Waals surface area contributed by atoms with E-state index in [2.05, 4.69) is 5.32 Å². The number of para-hydroxylation sites is 1. The Bertz CT molecular complexity index is 921. The van der Waals surface area contributed by atoms with Gasteiger partial charge in [-0.25, -0.2) is 4.79 Å². The van der Waals surface area contributed by atoms with Gasteiger partial charge >= 0.3 is 5.97 Å². The van der Waals surface area contributed by atoms with Gasteiger partial charge in [0.05, 0.1) is 5.56 Å². The van der Waals surface area contributed by atoms with Gasteiger partial charge in [0, 0.05) is 5.69 Å². The summed E-state index contributed by atoms with van der Waals surface area (Å²) in [4.78, 5) is 24.5. The van der Waals surface area contributed by atoms with Gasteiger partial charge in [0.25, 0.3) is 5.91 Å². The molecular weight excluding hydrogens is 314 g/mol. The smallest absolute Gasteiger partial charge is 0.339 e. The normalized spacial score (nSPS) is 10.5. The summed E-state index contributed by atoms with van der Waals surface area (Å²) < 4.78 is 5.20. The molecule has 0 atom stereocenters. The van der Waals surface area contributed by atoms with Crippen molar-refractivity contribution in [3.63, 3.8) is 0 Å². The van der Waals surface area contributed by atoms with E-state index in [0.29, 0.717) is 5.56 Å². The summed E-state index contributed by atoms with van der Waals surface area (Å²) in [5.41, 5.74) is 3.15. The Balaban J connectivity index is 1.69. The van der Waals surface area contributed by atoms with E-state index in [1.807, 2.05) is 62.4 Å². The monoisotopic (exact) mass is 333 g/mol. The summed E-state index contributed by atoms with van der Waals surface area (Å²) >= 11 is 0. The Hall–Kier alpha value is -3.14. The molecule has 0 aliphatic rings. The molecule has 0 radical (unpaired) electrons. The summed E-state index contributed by atoms with van der Waals surface area (Å²) in [6.45, 7) is 3.52. The zero-order chi connectivity index (χ0) is 17.8.